The van der Waals surface area contributed by atoms with Gasteiger partial charge in [0.25, 0.3) is 0 Å². The first-order valence-electron chi connectivity index (χ1n) is 8.77. The van der Waals surface area contributed by atoms with Crippen LogP contribution < -0.4 is 10.6 Å². The molecule has 2 aromatic rings. The number of amides is 2. The zero-order chi connectivity index (χ0) is 21.9. The molecule has 0 heterocycles. The normalized spacial score (nSPS) is 12.1. The van der Waals surface area contributed by atoms with E-state index in [1.807, 2.05) is 10.6 Å². The lowest BCUT2D eigenvalue weighted by Gasteiger charge is -2.22. The molecule has 10 nitrogen and oxygen atoms in total. The van der Waals surface area contributed by atoms with Crippen molar-refractivity contribution in [1.29, 1.82) is 0 Å². The minimum absolute atomic E-state index is 0.150. The number of rotatable bonds is 9. The fourth-order valence-corrected chi connectivity index (χ4v) is 2.36. The molecule has 4 N–H and O–H groups in total. The number of carboxylic acids is 2. The highest BCUT2D eigenvalue weighted by Crippen LogP contribution is 2.04. The van der Waals surface area contributed by atoms with Crippen LogP contribution in [0, 0.1) is 0 Å². The Bertz CT molecular complexity index is 799. The Kier molecular flexibility index (Phi) is 8.18. The van der Waals surface area contributed by atoms with Gasteiger partial charge in [0.2, 0.25) is 0 Å². The molecular formula is C20H20N2O8. The summed E-state index contributed by atoms with van der Waals surface area (Å²) in [5.41, 5.74) is 1.30. The highest BCUT2D eigenvalue weighted by molar-refractivity contribution is 5.90. The minimum Gasteiger partial charge on any atom is -0.480 e. The van der Waals surface area contributed by atoms with E-state index >= 15 is 0 Å². The number of nitrogens with one attached hydrogen (secondary N) is 2. The Labute approximate surface area is 171 Å². The summed E-state index contributed by atoms with van der Waals surface area (Å²) in [5.74, 6) is -3.36. The maximum Gasteiger partial charge on any atom is 0.408 e. The predicted molar refractivity (Wildman–Crippen MR) is 102 cm³/mol. The van der Waals surface area contributed by atoms with Crippen LogP contribution in [0.3, 0.4) is 0 Å². The molecule has 0 aromatic heterocycles. The number of carbonyl (C=O) groups excluding carboxylic acids is 2. The average Bonchev–Trinajstić information content (AvgIpc) is 2.74. The number of aliphatic carboxylic acids is 2. The highest BCUT2D eigenvalue weighted by Gasteiger charge is 2.37. The summed E-state index contributed by atoms with van der Waals surface area (Å²) in [6, 6.07) is 13.2. The van der Waals surface area contributed by atoms with Gasteiger partial charge < -0.3 is 30.3 Å². The quantitative estimate of drug-likeness (QED) is 0.483. The molecule has 0 spiro atoms. The molecule has 10 heteroatoms. The van der Waals surface area contributed by atoms with Gasteiger partial charge in [0.05, 0.1) is 0 Å². The standard InChI is InChI=1S/C20H20N2O8/c23-17(24)15(21-19(27)29-11-13-7-3-1-4-8-13)16(18(25)26)22-20(28)30-12-14-9-5-2-6-10-14/h1-10,15-16H,11-12H2,(H,21,27)(H,22,28)(H,23,24)(H,25,26)/t15-,16+. The number of carboxylic acid groups (broad SMARTS) is 2. The van der Waals surface area contributed by atoms with Gasteiger partial charge >= 0.3 is 24.1 Å². The van der Waals surface area contributed by atoms with Crippen molar-refractivity contribution in [3.8, 4) is 0 Å². The first kappa shape index (κ1) is 22.2. The molecule has 2 rings (SSSR count). The van der Waals surface area contributed by atoms with E-state index in [2.05, 4.69) is 0 Å². The lowest BCUT2D eigenvalue weighted by molar-refractivity contribution is -0.148. The summed E-state index contributed by atoms with van der Waals surface area (Å²) >= 11 is 0. The average molecular weight is 416 g/mol. The number of benzene rings is 2. The third-order valence-electron chi connectivity index (χ3n) is 3.84. The summed E-state index contributed by atoms with van der Waals surface area (Å²) in [7, 11) is 0. The molecule has 0 aliphatic rings. The molecule has 0 aliphatic heterocycles. The van der Waals surface area contributed by atoms with Crippen molar-refractivity contribution in [2.45, 2.75) is 25.3 Å². The molecule has 0 aliphatic carbocycles. The maximum atomic E-state index is 11.9. The van der Waals surface area contributed by atoms with Crippen LogP contribution in [-0.4, -0.2) is 46.4 Å². The van der Waals surface area contributed by atoms with Gasteiger partial charge in [0, 0.05) is 0 Å². The second kappa shape index (κ2) is 11.1. The molecule has 158 valence electrons. The van der Waals surface area contributed by atoms with Crippen LogP contribution in [-0.2, 0) is 32.3 Å². The Morgan fingerprint density at radius 2 is 1.00 bits per heavy atom. The van der Waals surface area contributed by atoms with E-state index in [4.69, 9.17) is 9.47 Å². The van der Waals surface area contributed by atoms with Crippen LogP contribution in [0.25, 0.3) is 0 Å². The predicted octanol–water partition coefficient (Wildman–Crippen LogP) is 1.75. The van der Waals surface area contributed by atoms with Crippen LogP contribution >= 0.6 is 0 Å². The second-order valence-electron chi connectivity index (χ2n) is 6.04. The van der Waals surface area contributed by atoms with Crippen molar-refractivity contribution >= 4 is 24.1 Å². The van der Waals surface area contributed by atoms with Crippen LogP contribution in [0.5, 0.6) is 0 Å². The van der Waals surface area contributed by atoms with Crippen molar-refractivity contribution in [3.63, 3.8) is 0 Å². The van der Waals surface area contributed by atoms with Gasteiger partial charge in [-0.05, 0) is 11.1 Å². The molecule has 0 saturated heterocycles. The number of hydrogen-bond donors (Lipinski definition) is 4. The molecule has 2 atom stereocenters. The third-order valence-corrected chi connectivity index (χ3v) is 3.84. The van der Waals surface area contributed by atoms with Crippen molar-refractivity contribution in [2.75, 3.05) is 0 Å². The van der Waals surface area contributed by atoms with Gasteiger partial charge in [-0.15, -0.1) is 0 Å². The molecule has 0 bridgehead atoms. The van der Waals surface area contributed by atoms with Gasteiger partial charge in [-0.1, -0.05) is 60.7 Å². The zero-order valence-electron chi connectivity index (χ0n) is 15.7. The van der Waals surface area contributed by atoms with Crippen LogP contribution in [0.1, 0.15) is 11.1 Å². The Hall–Kier alpha value is -4.08. The summed E-state index contributed by atoms with van der Waals surface area (Å²) in [4.78, 5) is 46.8. The lowest BCUT2D eigenvalue weighted by atomic mass is 10.1. The molecule has 0 fully saturated rings. The SMILES string of the molecule is O=C(N[C@H](C(=O)O)[C@@H](NC(=O)OCc1ccccc1)C(=O)O)OCc1ccccc1. The molecule has 0 radical (unpaired) electrons. The van der Waals surface area contributed by atoms with Gasteiger partial charge in [-0.25, -0.2) is 19.2 Å². The van der Waals surface area contributed by atoms with Crippen molar-refractivity contribution in [3.05, 3.63) is 71.8 Å². The zero-order valence-corrected chi connectivity index (χ0v) is 15.7. The van der Waals surface area contributed by atoms with E-state index in [0.717, 1.165) is 0 Å². The maximum absolute atomic E-state index is 11.9. The van der Waals surface area contributed by atoms with Crippen molar-refractivity contribution < 1.29 is 38.9 Å². The number of carbonyl (C=O) groups is 4. The Morgan fingerprint density at radius 3 is 1.30 bits per heavy atom. The molecule has 0 unspecified atom stereocenters. The van der Waals surface area contributed by atoms with Gasteiger partial charge in [0.15, 0.2) is 12.1 Å². The highest BCUT2D eigenvalue weighted by atomic mass is 16.6. The minimum atomic E-state index is -1.99. The summed E-state index contributed by atoms with van der Waals surface area (Å²) in [6.45, 7) is -0.299. The monoisotopic (exact) mass is 416 g/mol. The smallest absolute Gasteiger partial charge is 0.408 e. The van der Waals surface area contributed by atoms with E-state index in [1.165, 1.54) is 0 Å². The lowest BCUT2D eigenvalue weighted by Crippen LogP contribution is -2.59. The van der Waals surface area contributed by atoms with Crippen LogP contribution in [0.15, 0.2) is 60.7 Å². The van der Waals surface area contributed by atoms with Gasteiger partial charge in [0.1, 0.15) is 13.2 Å². The second-order valence-corrected chi connectivity index (χ2v) is 6.04. The molecule has 2 aromatic carbocycles. The summed E-state index contributed by atoms with van der Waals surface area (Å²) < 4.78 is 9.80. The fourth-order valence-electron chi connectivity index (χ4n) is 2.36. The van der Waals surface area contributed by atoms with E-state index < -0.39 is 36.2 Å². The summed E-state index contributed by atoms with van der Waals surface area (Å²) in [5, 5.41) is 22.5. The van der Waals surface area contributed by atoms with Crippen molar-refractivity contribution in [2.24, 2.45) is 0 Å². The molecular weight excluding hydrogens is 396 g/mol. The number of ether oxygens (including phenoxy) is 2. The van der Waals surface area contributed by atoms with Crippen molar-refractivity contribution in [1.82, 2.24) is 10.6 Å². The number of hydrogen-bond acceptors (Lipinski definition) is 6. The molecule has 2 amide bonds. The Morgan fingerprint density at radius 1 is 0.667 bits per heavy atom. The molecule has 0 saturated carbocycles. The topological polar surface area (TPSA) is 151 Å². The van der Waals surface area contributed by atoms with E-state index in [-0.39, 0.29) is 13.2 Å². The van der Waals surface area contributed by atoms with E-state index in [0.29, 0.717) is 11.1 Å². The van der Waals surface area contributed by atoms with E-state index in [9.17, 15) is 29.4 Å². The summed E-state index contributed by atoms with van der Waals surface area (Å²) in [6.07, 6.45) is -2.31. The van der Waals surface area contributed by atoms with Crippen LogP contribution in [0.2, 0.25) is 0 Å². The number of alkyl carbamates (subject to hydrolysis) is 2. The van der Waals surface area contributed by atoms with Crippen LogP contribution in [0.4, 0.5) is 9.59 Å². The molecule has 30 heavy (non-hydrogen) atoms. The largest absolute Gasteiger partial charge is 0.480 e. The van der Waals surface area contributed by atoms with Gasteiger partial charge in [-0.2, -0.15) is 0 Å². The Balaban J connectivity index is 1.95. The fraction of sp³-hybridized carbons (Fsp3) is 0.200. The van der Waals surface area contributed by atoms with E-state index in [1.54, 1.807) is 60.7 Å². The third kappa shape index (κ3) is 7.15. The first-order valence-corrected chi connectivity index (χ1v) is 8.77. The first-order chi connectivity index (χ1) is 14.4. The van der Waals surface area contributed by atoms with Gasteiger partial charge in [-0.3, -0.25) is 0 Å².